The molecule has 0 radical (unpaired) electrons. The van der Waals surface area contributed by atoms with E-state index in [1.54, 1.807) is 4.31 Å². The average Bonchev–Trinajstić information content (AvgIpc) is 2.28. The molecule has 0 aromatic carbocycles. The van der Waals surface area contributed by atoms with Crippen molar-refractivity contribution in [3.8, 4) is 0 Å². The van der Waals surface area contributed by atoms with E-state index in [1.165, 1.54) is 0 Å². The second-order valence-electron chi connectivity index (χ2n) is 4.48. The molecule has 0 aromatic heterocycles. The highest BCUT2D eigenvalue weighted by atomic mass is 32.2. The fraction of sp³-hybridized carbons (Fsp3) is 0.909. The van der Waals surface area contributed by atoms with Crippen molar-refractivity contribution in [3.63, 3.8) is 0 Å². The molecule has 0 aromatic rings. The Bertz CT molecular complexity index is 352. The van der Waals surface area contributed by atoms with E-state index in [0.717, 1.165) is 25.7 Å². The van der Waals surface area contributed by atoms with Gasteiger partial charge < -0.3 is 5.11 Å². The van der Waals surface area contributed by atoms with Crippen LogP contribution in [0.3, 0.4) is 0 Å². The predicted octanol–water partition coefficient (Wildman–Crippen LogP) is 1.45. The van der Waals surface area contributed by atoms with Crippen LogP contribution in [0.2, 0.25) is 0 Å². The summed E-state index contributed by atoms with van der Waals surface area (Å²) >= 11 is 0. The Labute approximate surface area is 103 Å². The van der Waals surface area contributed by atoms with Crippen LogP contribution in [-0.2, 0) is 14.8 Å². The molecule has 1 unspecified atom stereocenters. The fourth-order valence-electron chi connectivity index (χ4n) is 2.27. The van der Waals surface area contributed by atoms with Gasteiger partial charge in [-0.3, -0.25) is 4.79 Å². The summed E-state index contributed by atoms with van der Waals surface area (Å²) in [5.74, 6) is -0.985. The third-order valence-electron chi connectivity index (χ3n) is 3.19. The minimum atomic E-state index is -3.27. The molecule has 1 saturated heterocycles. The van der Waals surface area contributed by atoms with Crippen molar-refractivity contribution in [2.45, 2.75) is 51.5 Å². The van der Waals surface area contributed by atoms with E-state index in [2.05, 4.69) is 0 Å². The molecule has 1 aliphatic rings. The van der Waals surface area contributed by atoms with E-state index in [-0.39, 0.29) is 24.6 Å². The third kappa shape index (κ3) is 4.27. The zero-order valence-corrected chi connectivity index (χ0v) is 11.1. The lowest BCUT2D eigenvalue weighted by molar-refractivity contribution is -0.137. The summed E-state index contributed by atoms with van der Waals surface area (Å²) in [6.45, 7) is 2.59. The number of carboxylic acid groups (broad SMARTS) is 1. The minimum Gasteiger partial charge on any atom is -0.481 e. The molecule has 5 nitrogen and oxygen atoms in total. The Kier molecular flexibility index (Phi) is 5.39. The van der Waals surface area contributed by atoms with Gasteiger partial charge in [-0.15, -0.1) is 0 Å². The minimum absolute atomic E-state index is 0.0458. The van der Waals surface area contributed by atoms with Crippen molar-refractivity contribution in [2.24, 2.45) is 0 Å². The maximum atomic E-state index is 12.1. The lowest BCUT2D eigenvalue weighted by Crippen LogP contribution is -2.44. The Balaban J connectivity index is 2.58. The number of piperidine rings is 1. The highest BCUT2D eigenvalue weighted by molar-refractivity contribution is 7.89. The molecule has 0 saturated carbocycles. The first-order valence-corrected chi connectivity index (χ1v) is 7.79. The summed E-state index contributed by atoms with van der Waals surface area (Å²) in [6, 6.07) is 0.110. The normalized spacial score (nSPS) is 22.5. The number of carbonyl (C=O) groups is 1. The van der Waals surface area contributed by atoms with Crippen molar-refractivity contribution in [1.82, 2.24) is 4.31 Å². The number of aliphatic carboxylic acids is 1. The van der Waals surface area contributed by atoms with Crippen LogP contribution in [0, 0.1) is 0 Å². The zero-order valence-electron chi connectivity index (χ0n) is 10.3. The molecule has 0 aliphatic carbocycles. The first kappa shape index (κ1) is 14.4. The third-order valence-corrected chi connectivity index (χ3v) is 5.19. The molecule has 1 rings (SSSR count). The Morgan fingerprint density at radius 3 is 2.71 bits per heavy atom. The number of hydrogen-bond donors (Lipinski definition) is 1. The van der Waals surface area contributed by atoms with Gasteiger partial charge in [0.15, 0.2) is 0 Å². The number of hydrogen-bond acceptors (Lipinski definition) is 3. The summed E-state index contributed by atoms with van der Waals surface area (Å²) in [6.07, 6.45) is 3.87. The number of sulfonamides is 1. The second kappa shape index (κ2) is 6.35. The van der Waals surface area contributed by atoms with E-state index < -0.39 is 16.0 Å². The smallest absolute Gasteiger partial charge is 0.303 e. The number of rotatable bonds is 6. The maximum absolute atomic E-state index is 12.1. The van der Waals surface area contributed by atoms with Crippen molar-refractivity contribution in [2.75, 3.05) is 12.3 Å². The van der Waals surface area contributed by atoms with Gasteiger partial charge in [-0.2, -0.15) is 4.31 Å². The summed E-state index contributed by atoms with van der Waals surface area (Å²) in [5, 5.41) is 8.51. The van der Waals surface area contributed by atoms with Crippen LogP contribution in [0.1, 0.15) is 45.4 Å². The molecule has 0 bridgehead atoms. The van der Waals surface area contributed by atoms with Gasteiger partial charge in [0.05, 0.1) is 5.75 Å². The van der Waals surface area contributed by atoms with Gasteiger partial charge >= 0.3 is 5.97 Å². The lowest BCUT2D eigenvalue weighted by Gasteiger charge is -2.34. The SMILES string of the molecule is CCC1CCCCN1S(=O)(=O)CCCC(=O)O. The summed E-state index contributed by atoms with van der Waals surface area (Å²) < 4.78 is 25.7. The van der Waals surface area contributed by atoms with Crippen molar-refractivity contribution in [3.05, 3.63) is 0 Å². The highest BCUT2D eigenvalue weighted by Gasteiger charge is 2.30. The highest BCUT2D eigenvalue weighted by Crippen LogP contribution is 2.23. The maximum Gasteiger partial charge on any atom is 0.303 e. The quantitative estimate of drug-likeness (QED) is 0.787. The van der Waals surface area contributed by atoms with E-state index in [0.29, 0.717) is 6.54 Å². The van der Waals surface area contributed by atoms with Gasteiger partial charge in [0, 0.05) is 19.0 Å². The fourth-order valence-corrected chi connectivity index (χ4v) is 4.13. The van der Waals surface area contributed by atoms with Crippen LogP contribution in [-0.4, -0.2) is 42.1 Å². The van der Waals surface area contributed by atoms with Crippen LogP contribution >= 0.6 is 0 Å². The molecule has 1 N–H and O–H groups in total. The summed E-state index contributed by atoms with van der Waals surface area (Å²) in [5.41, 5.74) is 0. The lowest BCUT2D eigenvalue weighted by atomic mass is 10.0. The molecule has 0 amide bonds. The largest absolute Gasteiger partial charge is 0.481 e. The van der Waals surface area contributed by atoms with Crippen LogP contribution in [0.5, 0.6) is 0 Å². The average molecular weight is 263 g/mol. The van der Waals surface area contributed by atoms with E-state index >= 15 is 0 Å². The number of carboxylic acids is 1. The number of nitrogens with zero attached hydrogens (tertiary/aromatic N) is 1. The van der Waals surface area contributed by atoms with Gasteiger partial charge in [0.1, 0.15) is 0 Å². The predicted molar refractivity (Wildman–Crippen MR) is 65.3 cm³/mol. The molecule has 1 aliphatic heterocycles. The standard InChI is InChI=1S/C11H21NO4S/c1-2-10-6-3-4-8-12(10)17(15,16)9-5-7-11(13)14/h10H,2-9H2,1H3,(H,13,14). The summed E-state index contributed by atoms with van der Waals surface area (Å²) in [7, 11) is -3.27. The topological polar surface area (TPSA) is 74.7 Å². The van der Waals surface area contributed by atoms with Gasteiger partial charge in [-0.25, -0.2) is 8.42 Å². The summed E-state index contributed by atoms with van der Waals surface area (Å²) in [4.78, 5) is 10.4. The Morgan fingerprint density at radius 2 is 2.12 bits per heavy atom. The molecular weight excluding hydrogens is 242 g/mol. The molecule has 1 atom stereocenters. The van der Waals surface area contributed by atoms with E-state index in [4.69, 9.17) is 5.11 Å². The van der Waals surface area contributed by atoms with Crippen LogP contribution in [0.15, 0.2) is 0 Å². The van der Waals surface area contributed by atoms with Gasteiger partial charge in [0.25, 0.3) is 0 Å². The first-order valence-electron chi connectivity index (χ1n) is 6.18. The van der Waals surface area contributed by atoms with E-state index in [9.17, 15) is 13.2 Å². The molecule has 1 fully saturated rings. The molecule has 0 spiro atoms. The van der Waals surface area contributed by atoms with Gasteiger partial charge in [-0.1, -0.05) is 13.3 Å². The van der Waals surface area contributed by atoms with Crippen molar-refractivity contribution in [1.29, 1.82) is 0 Å². The van der Waals surface area contributed by atoms with E-state index in [1.807, 2.05) is 6.92 Å². The van der Waals surface area contributed by atoms with Crippen LogP contribution in [0.4, 0.5) is 0 Å². The van der Waals surface area contributed by atoms with Crippen LogP contribution < -0.4 is 0 Å². The monoisotopic (exact) mass is 263 g/mol. The second-order valence-corrected chi connectivity index (χ2v) is 6.52. The molecule has 100 valence electrons. The van der Waals surface area contributed by atoms with Gasteiger partial charge in [-0.05, 0) is 25.7 Å². The molecular formula is C11H21NO4S. The van der Waals surface area contributed by atoms with Gasteiger partial charge in [0.2, 0.25) is 10.0 Å². The van der Waals surface area contributed by atoms with Crippen molar-refractivity contribution < 1.29 is 18.3 Å². The first-order chi connectivity index (χ1) is 7.97. The Hall–Kier alpha value is -0.620. The Morgan fingerprint density at radius 1 is 1.41 bits per heavy atom. The molecule has 17 heavy (non-hydrogen) atoms. The molecule has 1 heterocycles. The zero-order chi connectivity index (χ0) is 12.9. The van der Waals surface area contributed by atoms with Crippen LogP contribution in [0.25, 0.3) is 0 Å². The molecule has 6 heteroatoms. The van der Waals surface area contributed by atoms with Crippen molar-refractivity contribution >= 4 is 16.0 Å².